The fourth-order valence-corrected chi connectivity index (χ4v) is 4.42. The smallest absolute Gasteiger partial charge is 0.419 e. The molecule has 0 atom stereocenters. The number of hydrogen-bond donors (Lipinski definition) is 1. The van der Waals surface area contributed by atoms with E-state index in [1.165, 1.54) is 18.2 Å². The van der Waals surface area contributed by atoms with Gasteiger partial charge in [-0.3, -0.25) is 9.59 Å². The lowest BCUT2D eigenvalue weighted by molar-refractivity contribution is -0.138. The SMILES string of the molecule is COc1ccc(CN2C(=O)COc3c(F)cc(C=C4SC(=S)NC4=O)cc32)cc1C(F)(F)F. The summed E-state index contributed by atoms with van der Waals surface area (Å²) in [5.74, 6) is -2.35. The van der Waals surface area contributed by atoms with Crippen molar-refractivity contribution in [3.8, 4) is 11.5 Å². The summed E-state index contributed by atoms with van der Waals surface area (Å²) >= 11 is 5.93. The molecule has 0 spiro atoms. The van der Waals surface area contributed by atoms with Gasteiger partial charge in [-0.05, 0) is 41.5 Å². The Morgan fingerprint density at radius 2 is 2.03 bits per heavy atom. The van der Waals surface area contributed by atoms with Gasteiger partial charge in [0.05, 0.1) is 29.8 Å². The number of hydrogen-bond acceptors (Lipinski definition) is 6. The molecule has 2 aliphatic heterocycles. The predicted molar refractivity (Wildman–Crippen MR) is 117 cm³/mol. The summed E-state index contributed by atoms with van der Waals surface area (Å²) in [6, 6.07) is 5.98. The van der Waals surface area contributed by atoms with E-state index in [0.29, 0.717) is 0 Å². The summed E-state index contributed by atoms with van der Waals surface area (Å²) in [7, 11) is 1.13. The highest BCUT2D eigenvalue weighted by Gasteiger charge is 2.35. The molecule has 0 aromatic heterocycles. The lowest BCUT2D eigenvalue weighted by Crippen LogP contribution is -2.38. The second-order valence-electron chi connectivity index (χ2n) is 7.00. The molecule has 6 nitrogen and oxygen atoms in total. The van der Waals surface area contributed by atoms with E-state index in [1.54, 1.807) is 0 Å². The number of ether oxygens (including phenoxy) is 2. The number of methoxy groups -OCH3 is 1. The quantitative estimate of drug-likeness (QED) is 0.386. The number of carbonyl (C=O) groups excluding carboxylic acids is 2. The first kappa shape index (κ1) is 23.1. The second-order valence-corrected chi connectivity index (χ2v) is 8.72. The molecule has 1 N–H and O–H groups in total. The molecule has 2 aromatic carbocycles. The Hall–Kier alpha value is -3.12. The lowest BCUT2D eigenvalue weighted by atomic mass is 10.1. The highest BCUT2D eigenvalue weighted by molar-refractivity contribution is 8.26. The highest BCUT2D eigenvalue weighted by Crippen LogP contribution is 2.40. The van der Waals surface area contributed by atoms with Crippen LogP contribution < -0.4 is 19.7 Å². The topological polar surface area (TPSA) is 67.9 Å². The Labute approximate surface area is 194 Å². The number of thioether (sulfide) groups is 1. The predicted octanol–water partition coefficient (Wildman–Crippen LogP) is 4.27. The van der Waals surface area contributed by atoms with Gasteiger partial charge in [0, 0.05) is 0 Å². The molecule has 0 radical (unpaired) electrons. The zero-order chi connectivity index (χ0) is 23.9. The van der Waals surface area contributed by atoms with Gasteiger partial charge < -0.3 is 19.7 Å². The van der Waals surface area contributed by atoms with Crippen molar-refractivity contribution in [1.29, 1.82) is 0 Å². The summed E-state index contributed by atoms with van der Waals surface area (Å²) in [6.07, 6.45) is -3.27. The van der Waals surface area contributed by atoms with Crippen molar-refractivity contribution in [1.82, 2.24) is 5.32 Å². The molecule has 0 bridgehead atoms. The minimum atomic E-state index is -4.67. The molecule has 0 unspecified atom stereocenters. The van der Waals surface area contributed by atoms with Crippen LogP contribution in [0.2, 0.25) is 0 Å². The van der Waals surface area contributed by atoms with E-state index in [1.807, 2.05) is 0 Å². The van der Waals surface area contributed by atoms with Gasteiger partial charge in [0.2, 0.25) is 0 Å². The molecule has 0 saturated carbocycles. The monoisotopic (exact) mass is 498 g/mol. The van der Waals surface area contributed by atoms with E-state index in [2.05, 4.69) is 5.32 Å². The number of nitrogens with one attached hydrogen (secondary N) is 1. The largest absolute Gasteiger partial charge is 0.496 e. The standard InChI is InChI=1S/C21H14F4N2O4S2/c1-30-15-3-2-10(4-12(15)21(23,24)25)8-27-14-6-11(7-16-19(29)26-20(32)33-16)5-13(22)18(14)31-9-17(27)28/h2-7H,8-9H2,1H3,(H,26,29,32). The third kappa shape index (κ3) is 4.67. The molecular weight excluding hydrogens is 484 g/mol. The highest BCUT2D eigenvalue weighted by atomic mass is 32.2. The Bertz CT molecular complexity index is 1210. The zero-order valence-corrected chi connectivity index (χ0v) is 18.4. The van der Waals surface area contributed by atoms with Crippen LogP contribution in [0, 0.1) is 5.82 Å². The molecule has 172 valence electrons. The maximum atomic E-state index is 14.7. The number of nitrogens with zero attached hydrogens (tertiary/aromatic N) is 1. The molecule has 33 heavy (non-hydrogen) atoms. The number of rotatable bonds is 4. The summed E-state index contributed by atoms with van der Waals surface area (Å²) in [6.45, 7) is -0.736. The van der Waals surface area contributed by atoms with Gasteiger partial charge in [-0.15, -0.1) is 0 Å². The van der Waals surface area contributed by atoms with Crippen LogP contribution in [-0.2, 0) is 22.3 Å². The third-order valence-corrected chi connectivity index (χ3v) is 5.99. The van der Waals surface area contributed by atoms with Crippen molar-refractivity contribution in [3.63, 3.8) is 0 Å². The third-order valence-electron chi connectivity index (χ3n) is 4.83. The average Bonchev–Trinajstić information content (AvgIpc) is 3.06. The molecule has 2 aliphatic rings. The van der Waals surface area contributed by atoms with Crippen LogP contribution in [0.5, 0.6) is 11.5 Å². The van der Waals surface area contributed by atoms with E-state index < -0.39 is 36.0 Å². The first-order valence-corrected chi connectivity index (χ1v) is 10.5. The number of anilines is 1. The Morgan fingerprint density at radius 1 is 1.27 bits per heavy atom. The number of amides is 2. The van der Waals surface area contributed by atoms with Crippen molar-refractivity contribution in [2.24, 2.45) is 0 Å². The maximum absolute atomic E-state index is 14.7. The molecule has 2 aromatic rings. The molecule has 12 heteroatoms. The molecule has 1 saturated heterocycles. The van der Waals surface area contributed by atoms with Gasteiger partial charge in [0.15, 0.2) is 18.2 Å². The van der Waals surface area contributed by atoms with Gasteiger partial charge in [-0.2, -0.15) is 13.2 Å². The number of thiocarbonyl (C=S) groups is 1. The summed E-state index contributed by atoms with van der Waals surface area (Å²) in [5.41, 5.74) is -0.547. The Balaban J connectivity index is 1.73. The van der Waals surface area contributed by atoms with E-state index in [9.17, 15) is 27.2 Å². The van der Waals surface area contributed by atoms with Crippen LogP contribution >= 0.6 is 24.0 Å². The van der Waals surface area contributed by atoms with Crippen molar-refractivity contribution in [3.05, 3.63) is 57.7 Å². The molecule has 2 heterocycles. The Kier molecular flexibility index (Phi) is 6.06. The van der Waals surface area contributed by atoms with Gasteiger partial charge in [0.1, 0.15) is 10.1 Å². The van der Waals surface area contributed by atoms with Crippen molar-refractivity contribution < 1.29 is 36.6 Å². The van der Waals surface area contributed by atoms with Crippen LogP contribution in [0.1, 0.15) is 16.7 Å². The fraction of sp³-hybridized carbons (Fsp3) is 0.190. The average molecular weight is 498 g/mol. The first-order chi connectivity index (χ1) is 15.6. The number of benzene rings is 2. The van der Waals surface area contributed by atoms with Gasteiger partial charge in [0.25, 0.3) is 11.8 Å². The van der Waals surface area contributed by atoms with Crippen molar-refractivity contribution >= 4 is 51.9 Å². The Morgan fingerprint density at radius 3 is 2.67 bits per heavy atom. The fourth-order valence-electron chi connectivity index (χ4n) is 3.38. The van der Waals surface area contributed by atoms with Crippen molar-refractivity contribution in [2.75, 3.05) is 18.6 Å². The van der Waals surface area contributed by atoms with E-state index >= 15 is 0 Å². The van der Waals surface area contributed by atoms with Crippen LogP contribution in [0.3, 0.4) is 0 Å². The van der Waals surface area contributed by atoms with E-state index in [4.69, 9.17) is 21.7 Å². The van der Waals surface area contributed by atoms with Crippen LogP contribution in [0.4, 0.5) is 23.2 Å². The number of alkyl halides is 3. The minimum Gasteiger partial charge on any atom is -0.496 e. The van der Waals surface area contributed by atoms with Crippen molar-refractivity contribution in [2.45, 2.75) is 12.7 Å². The molecule has 1 fully saturated rings. The van der Waals surface area contributed by atoms with Gasteiger partial charge >= 0.3 is 6.18 Å². The number of fused-ring (bicyclic) bond motifs is 1. The maximum Gasteiger partial charge on any atom is 0.419 e. The molecule has 2 amide bonds. The van der Waals surface area contributed by atoms with Crippen LogP contribution in [0.25, 0.3) is 6.08 Å². The van der Waals surface area contributed by atoms with E-state index in [-0.39, 0.29) is 44.1 Å². The number of halogens is 4. The molecular formula is C21H14F4N2O4S2. The molecule has 4 rings (SSSR count). The lowest BCUT2D eigenvalue weighted by Gasteiger charge is -2.30. The second kappa shape index (κ2) is 8.67. The number of carbonyl (C=O) groups is 2. The summed E-state index contributed by atoms with van der Waals surface area (Å²) in [5, 5.41) is 2.44. The zero-order valence-electron chi connectivity index (χ0n) is 16.8. The normalized spacial score (nSPS) is 17.2. The first-order valence-electron chi connectivity index (χ1n) is 9.32. The van der Waals surface area contributed by atoms with E-state index in [0.717, 1.165) is 42.0 Å². The van der Waals surface area contributed by atoms with Crippen LogP contribution in [-0.4, -0.2) is 29.9 Å². The summed E-state index contributed by atoms with van der Waals surface area (Å²) in [4.78, 5) is 25.8. The van der Waals surface area contributed by atoms with Gasteiger partial charge in [-0.25, -0.2) is 4.39 Å². The summed E-state index contributed by atoms with van der Waals surface area (Å²) < 4.78 is 65.2. The van der Waals surface area contributed by atoms with Gasteiger partial charge in [-0.1, -0.05) is 30.0 Å². The van der Waals surface area contributed by atoms with Crippen LogP contribution in [0.15, 0.2) is 35.2 Å². The minimum absolute atomic E-state index is 0.0356. The molecule has 0 aliphatic carbocycles.